The van der Waals surface area contributed by atoms with Crippen LogP contribution in [0.5, 0.6) is 17.4 Å². The Bertz CT molecular complexity index is 981. The van der Waals surface area contributed by atoms with Crippen molar-refractivity contribution in [1.82, 2.24) is 15.3 Å². The maximum Gasteiger partial charge on any atom is 0.258 e. The second-order valence-corrected chi connectivity index (χ2v) is 6.83. The fraction of sp³-hybridized carbons (Fsp3) is 0.250. The van der Waals surface area contributed by atoms with Crippen LogP contribution in [0, 0.1) is 0 Å². The van der Waals surface area contributed by atoms with Crippen molar-refractivity contribution in [2.75, 3.05) is 27.4 Å². The Kier molecular flexibility index (Phi) is 6.65. The van der Waals surface area contributed by atoms with Crippen molar-refractivity contribution in [1.29, 1.82) is 0 Å². The highest BCUT2D eigenvalue weighted by Crippen LogP contribution is 2.27. The monoisotopic (exact) mass is 445 g/mol. The van der Waals surface area contributed by atoms with Crippen molar-refractivity contribution in [3.63, 3.8) is 0 Å². The Balaban J connectivity index is 1.52. The summed E-state index contributed by atoms with van der Waals surface area (Å²) in [6.45, 7) is 0.359. The Morgan fingerprint density at radius 1 is 1.07 bits per heavy atom. The molecule has 3 aromatic rings. The average molecular weight is 446 g/mol. The van der Waals surface area contributed by atoms with Gasteiger partial charge >= 0.3 is 0 Å². The van der Waals surface area contributed by atoms with Crippen molar-refractivity contribution in [3.05, 3.63) is 52.8 Å². The minimum absolute atomic E-state index is 0.120. The molecule has 8 heteroatoms. The van der Waals surface area contributed by atoms with Gasteiger partial charge in [-0.25, -0.2) is 9.97 Å². The van der Waals surface area contributed by atoms with E-state index >= 15 is 0 Å². The van der Waals surface area contributed by atoms with Gasteiger partial charge in [-0.1, -0.05) is 22.0 Å². The fourth-order valence-corrected chi connectivity index (χ4v) is 3.05. The molecule has 1 aromatic heterocycles. The van der Waals surface area contributed by atoms with Gasteiger partial charge in [-0.15, -0.1) is 0 Å². The lowest BCUT2D eigenvalue weighted by molar-refractivity contribution is -0.123. The highest BCUT2D eigenvalue weighted by atomic mass is 79.9. The molecule has 0 unspecified atom stereocenters. The summed E-state index contributed by atoms with van der Waals surface area (Å²) in [6, 6.07) is 11.3. The minimum Gasteiger partial charge on any atom is -0.493 e. The summed E-state index contributed by atoms with van der Waals surface area (Å²) in [5, 5.41) is 3.58. The number of carbonyl (C=O) groups excluding carboxylic acids is 1. The molecule has 0 aliphatic rings. The van der Waals surface area contributed by atoms with Gasteiger partial charge in [-0.2, -0.15) is 0 Å². The molecule has 0 aliphatic heterocycles. The zero-order valence-corrected chi connectivity index (χ0v) is 17.2. The van der Waals surface area contributed by atoms with Gasteiger partial charge in [-0.05, 0) is 42.3 Å². The first-order valence-electron chi connectivity index (χ1n) is 8.61. The van der Waals surface area contributed by atoms with Crippen molar-refractivity contribution in [2.24, 2.45) is 0 Å². The van der Waals surface area contributed by atoms with Gasteiger partial charge in [0.05, 0.1) is 25.1 Å². The molecule has 0 atom stereocenters. The molecule has 0 fully saturated rings. The Labute approximate surface area is 171 Å². The van der Waals surface area contributed by atoms with Crippen molar-refractivity contribution in [3.8, 4) is 17.4 Å². The summed E-state index contributed by atoms with van der Waals surface area (Å²) in [6.07, 6.45) is 2.08. The van der Waals surface area contributed by atoms with Crippen LogP contribution in [0.2, 0.25) is 0 Å². The topological polar surface area (TPSA) is 82.6 Å². The number of benzene rings is 2. The molecular formula is C20H20BrN3O4. The number of halogens is 1. The van der Waals surface area contributed by atoms with Crippen LogP contribution in [-0.4, -0.2) is 43.2 Å². The van der Waals surface area contributed by atoms with Crippen molar-refractivity contribution >= 4 is 32.7 Å². The number of carbonyl (C=O) groups is 1. The number of ether oxygens (including phenoxy) is 3. The summed E-state index contributed by atoms with van der Waals surface area (Å²) < 4.78 is 17.0. The summed E-state index contributed by atoms with van der Waals surface area (Å²) in [4.78, 5) is 20.4. The molecular weight excluding hydrogens is 426 g/mol. The second kappa shape index (κ2) is 9.36. The molecule has 0 radical (unpaired) electrons. The van der Waals surface area contributed by atoms with E-state index in [0.717, 1.165) is 20.9 Å². The highest BCUT2D eigenvalue weighted by molar-refractivity contribution is 9.10. The predicted molar refractivity (Wildman–Crippen MR) is 109 cm³/mol. The number of amides is 1. The predicted octanol–water partition coefficient (Wildman–Crippen LogP) is 3.15. The van der Waals surface area contributed by atoms with E-state index < -0.39 is 0 Å². The Morgan fingerprint density at radius 2 is 1.89 bits per heavy atom. The number of fused-ring (bicyclic) bond motifs is 1. The number of methoxy groups -OCH3 is 2. The standard InChI is InChI=1S/C20H20BrN3O4/c1-26-17-6-3-13(9-18(17)27-2)7-8-22-19(25)11-28-20-15-10-14(21)4-5-16(15)23-12-24-20/h3-6,9-10,12H,7-8,11H2,1-2H3,(H,22,25). The van der Waals surface area contributed by atoms with Crippen LogP contribution in [0.4, 0.5) is 0 Å². The van der Waals surface area contributed by atoms with E-state index in [2.05, 4.69) is 31.2 Å². The third-order valence-corrected chi connectivity index (χ3v) is 4.58. The smallest absolute Gasteiger partial charge is 0.258 e. The average Bonchev–Trinajstić information content (AvgIpc) is 2.72. The quantitative estimate of drug-likeness (QED) is 0.573. The molecule has 2 aromatic carbocycles. The zero-order chi connectivity index (χ0) is 19.9. The lowest BCUT2D eigenvalue weighted by atomic mass is 10.1. The van der Waals surface area contributed by atoms with Gasteiger partial charge < -0.3 is 19.5 Å². The van der Waals surface area contributed by atoms with Crippen LogP contribution in [0.3, 0.4) is 0 Å². The van der Waals surface area contributed by atoms with Crippen LogP contribution >= 0.6 is 15.9 Å². The summed E-state index contributed by atoms with van der Waals surface area (Å²) in [5.74, 6) is 1.49. The number of aromatic nitrogens is 2. The fourth-order valence-electron chi connectivity index (χ4n) is 2.69. The third kappa shape index (κ3) is 4.89. The van der Waals surface area contributed by atoms with E-state index in [1.807, 2.05) is 36.4 Å². The van der Waals surface area contributed by atoms with Gasteiger partial charge in [0.1, 0.15) is 6.33 Å². The van der Waals surface area contributed by atoms with E-state index in [1.54, 1.807) is 14.2 Å². The third-order valence-electron chi connectivity index (χ3n) is 4.08. The first-order chi connectivity index (χ1) is 13.6. The Hall–Kier alpha value is -2.87. The number of hydrogen-bond acceptors (Lipinski definition) is 6. The molecule has 3 rings (SSSR count). The summed E-state index contributed by atoms with van der Waals surface area (Å²) in [7, 11) is 3.19. The largest absolute Gasteiger partial charge is 0.493 e. The van der Waals surface area contributed by atoms with Crippen LogP contribution in [0.1, 0.15) is 5.56 Å². The van der Waals surface area contributed by atoms with Crippen molar-refractivity contribution in [2.45, 2.75) is 6.42 Å². The highest BCUT2D eigenvalue weighted by Gasteiger charge is 2.09. The molecule has 0 bridgehead atoms. The molecule has 146 valence electrons. The molecule has 1 amide bonds. The van der Waals surface area contributed by atoms with Gasteiger partial charge in [0.15, 0.2) is 18.1 Å². The maximum atomic E-state index is 12.1. The molecule has 0 spiro atoms. The lowest BCUT2D eigenvalue weighted by Gasteiger charge is -2.11. The molecule has 1 heterocycles. The van der Waals surface area contributed by atoms with Crippen molar-refractivity contribution < 1.29 is 19.0 Å². The van der Waals surface area contributed by atoms with E-state index in [9.17, 15) is 4.79 Å². The van der Waals surface area contributed by atoms with E-state index in [-0.39, 0.29) is 12.5 Å². The van der Waals surface area contributed by atoms with Crippen LogP contribution in [0.25, 0.3) is 10.9 Å². The summed E-state index contributed by atoms with van der Waals surface area (Å²) >= 11 is 3.42. The number of hydrogen-bond donors (Lipinski definition) is 1. The molecule has 28 heavy (non-hydrogen) atoms. The Morgan fingerprint density at radius 3 is 2.68 bits per heavy atom. The SMILES string of the molecule is COc1ccc(CCNC(=O)COc2ncnc3ccc(Br)cc23)cc1OC. The van der Waals surface area contributed by atoms with Crippen LogP contribution < -0.4 is 19.5 Å². The van der Waals surface area contributed by atoms with Crippen LogP contribution in [0.15, 0.2) is 47.2 Å². The molecule has 1 N–H and O–H groups in total. The lowest BCUT2D eigenvalue weighted by Crippen LogP contribution is -2.30. The summed E-state index contributed by atoms with van der Waals surface area (Å²) in [5.41, 5.74) is 1.78. The molecule has 0 saturated carbocycles. The van der Waals surface area contributed by atoms with Crippen LogP contribution in [-0.2, 0) is 11.2 Å². The van der Waals surface area contributed by atoms with Gasteiger partial charge in [0.2, 0.25) is 5.88 Å². The van der Waals surface area contributed by atoms with Gasteiger partial charge in [0, 0.05) is 11.0 Å². The number of nitrogens with one attached hydrogen (secondary N) is 1. The normalized spacial score (nSPS) is 10.5. The first kappa shape index (κ1) is 19.9. The number of rotatable bonds is 8. The van der Waals surface area contributed by atoms with Gasteiger partial charge in [0.25, 0.3) is 5.91 Å². The van der Waals surface area contributed by atoms with E-state index in [0.29, 0.717) is 30.3 Å². The second-order valence-electron chi connectivity index (χ2n) is 5.92. The van der Waals surface area contributed by atoms with E-state index in [4.69, 9.17) is 14.2 Å². The minimum atomic E-state index is -0.220. The number of nitrogens with zero attached hydrogens (tertiary/aromatic N) is 2. The molecule has 7 nitrogen and oxygen atoms in total. The van der Waals surface area contributed by atoms with E-state index in [1.165, 1.54) is 6.33 Å². The molecule has 0 saturated heterocycles. The first-order valence-corrected chi connectivity index (χ1v) is 9.40. The zero-order valence-electron chi connectivity index (χ0n) is 15.6. The maximum absolute atomic E-state index is 12.1. The molecule has 0 aliphatic carbocycles. The van der Waals surface area contributed by atoms with Gasteiger partial charge in [-0.3, -0.25) is 4.79 Å².